The quantitative estimate of drug-likeness (QED) is 0.888. The summed E-state index contributed by atoms with van der Waals surface area (Å²) in [6.07, 6.45) is 1.52. The zero-order chi connectivity index (χ0) is 14.6. The van der Waals surface area contributed by atoms with Gasteiger partial charge in [0.05, 0.1) is 12.4 Å². The van der Waals surface area contributed by atoms with E-state index in [1.54, 1.807) is 0 Å². The van der Waals surface area contributed by atoms with Gasteiger partial charge < -0.3 is 5.11 Å². The summed E-state index contributed by atoms with van der Waals surface area (Å²) >= 11 is 0. The Morgan fingerprint density at radius 1 is 1.15 bits per heavy atom. The fraction of sp³-hybridized carbons (Fsp3) is 0.571. The highest BCUT2D eigenvalue weighted by Gasteiger charge is 2.22. The highest BCUT2D eigenvalue weighted by atomic mass is 32.2. The minimum Gasteiger partial charge on any atom is -0.387 e. The van der Waals surface area contributed by atoms with E-state index in [-0.39, 0.29) is 0 Å². The van der Waals surface area contributed by atoms with Crippen molar-refractivity contribution < 1.29 is 13.5 Å². The summed E-state index contributed by atoms with van der Waals surface area (Å²) < 4.78 is 24.6. The lowest BCUT2D eigenvalue weighted by Crippen LogP contribution is -2.35. The van der Waals surface area contributed by atoms with Gasteiger partial charge in [0.2, 0.25) is 10.0 Å². The summed E-state index contributed by atoms with van der Waals surface area (Å²) in [4.78, 5) is 2.13. The van der Waals surface area contributed by atoms with E-state index in [0.717, 1.165) is 18.5 Å². The van der Waals surface area contributed by atoms with Crippen LogP contribution in [0, 0.1) is 0 Å². The second-order valence-corrected chi connectivity index (χ2v) is 7.23. The molecule has 20 heavy (non-hydrogen) atoms. The van der Waals surface area contributed by atoms with Gasteiger partial charge in [0.25, 0.3) is 0 Å². The number of benzene rings is 1. The smallest absolute Gasteiger partial charge is 0.211 e. The van der Waals surface area contributed by atoms with Gasteiger partial charge in [0, 0.05) is 26.2 Å². The van der Waals surface area contributed by atoms with Crippen LogP contribution in [0.1, 0.15) is 18.1 Å². The molecule has 0 aromatic heterocycles. The van der Waals surface area contributed by atoms with Crippen molar-refractivity contribution in [2.75, 3.05) is 39.0 Å². The van der Waals surface area contributed by atoms with Gasteiger partial charge in [0.15, 0.2) is 0 Å². The number of β-amino-alcohol motifs (C(OH)–C–C–N with tert-alkyl or cyclic N) is 1. The first-order valence-corrected chi connectivity index (χ1v) is 8.72. The van der Waals surface area contributed by atoms with Crippen molar-refractivity contribution in [3.8, 4) is 0 Å². The maximum Gasteiger partial charge on any atom is 0.211 e. The molecule has 0 saturated carbocycles. The Morgan fingerprint density at radius 3 is 2.50 bits per heavy atom. The van der Waals surface area contributed by atoms with E-state index in [1.165, 1.54) is 10.6 Å². The van der Waals surface area contributed by atoms with Gasteiger partial charge in [-0.25, -0.2) is 12.7 Å². The van der Waals surface area contributed by atoms with Gasteiger partial charge in [-0.2, -0.15) is 0 Å². The zero-order valence-corrected chi connectivity index (χ0v) is 12.6. The highest BCUT2D eigenvalue weighted by molar-refractivity contribution is 7.88. The molecule has 1 aromatic rings. The van der Waals surface area contributed by atoms with Crippen molar-refractivity contribution in [1.82, 2.24) is 9.21 Å². The largest absolute Gasteiger partial charge is 0.387 e. The number of aliphatic hydroxyl groups excluding tert-OH is 1. The Labute approximate surface area is 120 Å². The Balaban J connectivity index is 1.91. The number of hydrogen-bond donors (Lipinski definition) is 1. The summed E-state index contributed by atoms with van der Waals surface area (Å²) in [6.45, 7) is 3.09. The Hall–Kier alpha value is -0.950. The molecule has 2 rings (SSSR count). The van der Waals surface area contributed by atoms with Crippen LogP contribution in [0.15, 0.2) is 30.3 Å². The molecule has 5 nitrogen and oxygen atoms in total. The fourth-order valence-electron chi connectivity index (χ4n) is 2.49. The van der Waals surface area contributed by atoms with Gasteiger partial charge >= 0.3 is 0 Å². The summed E-state index contributed by atoms with van der Waals surface area (Å²) in [5.74, 6) is 0. The number of nitrogens with zero attached hydrogens (tertiary/aromatic N) is 2. The third kappa shape index (κ3) is 4.28. The summed E-state index contributed by atoms with van der Waals surface area (Å²) in [5.41, 5.74) is 0.900. The van der Waals surface area contributed by atoms with E-state index in [2.05, 4.69) is 4.90 Å². The van der Waals surface area contributed by atoms with E-state index in [4.69, 9.17) is 0 Å². The molecule has 1 fully saturated rings. The van der Waals surface area contributed by atoms with Crippen LogP contribution in [0.25, 0.3) is 0 Å². The molecule has 1 N–H and O–H groups in total. The Kier molecular flexibility index (Phi) is 5.15. The topological polar surface area (TPSA) is 60.9 Å². The van der Waals surface area contributed by atoms with Crippen molar-refractivity contribution in [3.05, 3.63) is 35.9 Å². The molecule has 1 aromatic carbocycles. The van der Waals surface area contributed by atoms with Gasteiger partial charge in [0.1, 0.15) is 0 Å². The predicted molar refractivity (Wildman–Crippen MR) is 78.9 cm³/mol. The molecular formula is C14H22N2O3S. The minimum atomic E-state index is -3.11. The van der Waals surface area contributed by atoms with Crippen LogP contribution in [-0.2, 0) is 10.0 Å². The van der Waals surface area contributed by atoms with E-state index < -0.39 is 16.1 Å². The first kappa shape index (κ1) is 15.4. The molecule has 1 heterocycles. The number of aliphatic hydroxyl groups is 1. The van der Waals surface area contributed by atoms with E-state index in [0.29, 0.717) is 26.2 Å². The van der Waals surface area contributed by atoms with Crippen LogP contribution in [0.3, 0.4) is 0 Å². The van der Waals surface area contributed by atoms with Crippen molar-refractivity contribution >= 4 is 10.0 Å². The molecule has 0 aliphatic carbocycles. The Bertz CT molecular complexity index is 518. The zero-order valence-electron chi connectivity index (χ0n) is 11.8. The number of hydrogen-bond acceptors (Lipinski definition) is 4. The monoisotopic (exact) mass is 298 g/mol. The van der Waals surface area contributed by atoms with Crippen LogP contribution < -0.4 is 0 Å². The van der Waals surface area contributed by atoms with Crippen molar-refractivity contribution in [3.63, 3.8) is 0 Å². The van der Waals surface area contributed by atoms with Gasteiger partial charge in [-0.05, 0) is 18.5 Å². The second kappa shape index (κ2) is 6.67. The first-order chi connectivity index (χ1) is 9.47. The van der Waals surface area contributed by atoms with Crippen molar-refractivity contribution in [2.24, 2.45) is 0 Å². The molecule has 1 atom stereocenters. The summed E-state index contributed by atoms with van der Waals surface area (Å²) in [6, 6.07) is 9.56. The molecule has 1 aliphatic rings. The minimum absolute atomic E-state index is 0.500. The van der Waals surface area contributed by atoms with Gasteiger partial charge in [-0.1, -0.05) is 30.3 Å². The number of rotatable bonds is 4. The average molecular weight is 298 g/mol. The lowest BCUT2D eigenvalue weighted by molar-refractivity contribution is 0.116. The summed E-state index contributed by atoms with van der Waals surface area (Å²) in [5, 5.41) is 10.2. The summed E-state index contributed by atoms with van der Waals surface area (Å²) in [7, 11) is -3.11. The van der Waals surface area contributed by atoms with Crippen molar-refractivity contribution in [1.29, 1.82) is 0 Å². The van der Waals surface area contributed by atoms with Crippen LogP contribution >= 0.6 is 0 Å². The normalized spacial score (nSPS) is 20.5. The van der Waals surface area contributed by atoms with Gasteiger partial charge in [-0.3, -0.25) is 4.90 Å². The second-order valence-electron chi connectivity index (χ2n) is 5.24. The lowest BCUT2D eigenvalue weighted by atomic mass is 10.1. The molecule has 1 aliphatic heterocycles. The lowest BCUT2D eigenvalue weighted by Gasteiger charge is -2.23. The maximum atomic E-state index is 11.5. The molecule has 112 valence electrons. The fourth-order valence-corrected chi connectivity index (χ4v) is 3.36. The predicted octanol–water partition coefficient (Wildman–Crippen LogP) is 0.687. The van der Waals surface area contributed by atoms with Crippen LogP contribution in [0.5, 0.6) is 0 Å². The Morgan fingerprint density at radius 2 is 1.85 bits per heavy atom. The van der Waals surface area contributed by atoms with Gasteiger partial charge in [-0.15, -0.1) is 0 Å². The molecule has 0 amide bonds. The standard InChI is InChI=1S/C14H22N2O3S/c1-20(18,19)16-9-5-8-15(10-11-16)12-14(17)13-6-3-2-4-7-13/h2-4,6-7,14,17H,5,8-12H2,1H3. The molecule has 0 spiro atoms. The van der Waals surface area contributed by atoms with Crippen LogP contribution in [-0.4, -0.2) is 61.7 Å². The van der Waals surface area contributed by atoms with E-state index in [1.807, 2.05) is 30.3 Å². The molecule has 6 heteroatoms. The molecule has 1 unspecified atom stereocenters. The van der Waals surface area contributed by atoms with E-state index in [9.17, 15) is 13.5 Å². The SMILES string of the molecule is CS(=O)(=O)N1CCCN(CC(O)c2ccccc2)CC1. The highest BCUT2D eigenvalue weighted by Crippen LogP contribution is 2.15. The molecule has 0 radical (unpaired) electrons. The van der Waals surface area contributed by atoms with Crippen LogP contribution in [0.4, 0.5) is 0 Å². The first-order valence-electron chi connectivity index (χ1n) is 6.87. The van der Waals surface area contributed by atoms with E-state index >= 15 is 0 Å². The third-order valence-electron chi connectivity index (χ3n) is 3.63. The van der Waals surface area contributed by atoms with Crippen LogP contribution in [0.2, 0.25) is 0 Å². The third-order valence-corrected chi connectivity index (χ3v) is 4.94. The molecule has 0 bridgehead atoms. The average Bonchev–Trinajstić information content (AvgIpc) is 2.65. The van der Waals surface area contributed by atoms with Crippen molar-refractivity contribution in [2.45, 2.75) is 12.5 Å². The molecule has 1 saturated heterocycles. The molecular weight excluding hydrogens is 276 g/mol. The number of sulfonamides is 1. The maximum absolute atomic E-state index is 11.5.